The largest absolute Gasteiger partial charge is 0.335 e. The molecule has 0 aliphatic carbocycles. The third kappa shape index (κ3) is 10.1. The van der Waals surface area contributed by atoms with Gasteiger partial charge >= 0.3 is 0 Å². The number of hydrogen-bond acceptors (Lipinski definition) is 1. The maximum Gasteiger partial charge on any atom is 0.108 e. The van der Waals surface area contributed by atoms with Crippen molar-refractivity contribution in [1.29, 1.82) is 0 Å². The van der Waals surface area contributed by atoms with Gasteiger partial charge in [-0.25, -0.2) is 4.98 Å². The predicted octanol–water partition coefficient (Wildman–Crippen LogP) is 7.93. The highest BCUT2D eigenvalue weighted by Crippen LogP contribution is 2.15. The molecule has 0 saturated heterocycles. The van der Waals surface area contributed by atoms with E-state index in [-0.39, 0.29) is 0 Å². The first kappa shape index (κ1) is 23.7. The van der Waals surface area contributed by atoms with E-state index in [2.05, 4.69) is 54.9 Å². The number of aromatic nitrogens is 2. The molecule has 2 nitrogen and oxygen atoms in total. The molecule has 29 heavy (non-hydrogen) atoms. The number of rotatable bonds is 17. The van der Waals surface area contributed by atoms with Gasteiger partial charge < -0.3 is 4.57 Å². The Kier molecular flexibility index (Phi) is 12.5. The van der Waals surface area contributed by atoms with Gasteiger partial charge in [-0.15, -0.1) is 0 Å². The Morgan fingerprint density at radius 3 is 2.03 bits per heavy atom. The third-order valence-corrected chi connectivity index (χ3v) is 5.91. The molecular weight excluding hydrogens is 352 g/mol. The molecule has 2 aromatic rings. The van der Waals surface area contributed by atoms with Crippen molar-refractivity contribution in [1.82, 2.24) is 9.55 Å². The summed E-state index contributed by atoms with van der Waals surface area (Å²) in [6.07, 6.45) is 21.9. The second kappa shape index (κ2) is 15.3. The maximum atomic E-state index is 5.04. The zero-order valence-corrected chi connectivity index (χ0v) is 19.2. The fourth-order valence-electron chi connectivity index (χ4n) is 4.09. The highest BCUT2D eigenvalue weighted by atomic mass is 15.1. The van der Waals surface area contributed by atoms with Gasteiger partial charge in [0.1, 0.15) is 5.82 Å². The Bertz CT molecular complexity index is 629. The van der Waals surface area contributed by atoms with Crippen LogP contribution in [0, 0.1) is 0 Å². The molecule has 0 spiro atoms. The molecule has 1 aromatic carbocycles. The van der Waals surface area contributed by atoms with Crippen LogP contribution >= 0.6 is 0 Å². The van der Waals surface area contributed by atoms with E-state index < -0.39 is 0 Å². The summed E-state index contributed by atoms with van der Waals surface area (Å²) in [5, 5.41) is 0. The van der Waals surface area contributed by atoms with Gasteiger partial charge in [-0.2, -0.15) is 0 Å². The topological polar surface area (TPSA) is 17.8 Å². The Morgan fingerprint density at radius 1 is 0.655 bits per heavy atom. The van der Waals surface area contributed by atoms with Gasteiger partial charge in [-0.05, 0) is 37.7 Å². The van der Waals surface area contributed by atoms with Crippen molar-refractivity contribution in [3.63, 3.8) is 0 Å². The number of imidazole rings is 1. The number of nitrogens with zero attached hydrogens (tertiary/aromatic N) is 2. The molecule has 0 bridgehead atoms. The first-order valence-corrected chi connectivity index (χ1v) is 12.4. The molecule has 0 amide bonds. The maximum absolute atomic E-state index is 5.04. The molecule has 0 saturated carbocycles. The van der Waals surface area contributed by atoms with Crippen molar-refractivity contribution in [3.8, 4) is 0 Å². The number of benzene rings is 1. The molecule has 1 aromatic heterocycles. The average molecular weight is 397 g/mol. The molecular formula is C27H44N2. The molecule has 0 radical (unpaired) electrons. The van der Waals surface area contributed by atoms with Crippen LogP contribution in [-0.2, 0) is 25.8 Å². The minimum absolute atomic E-state index is 1.10. The quantitative estimate of drug-likeness (QED) is 0.248. The van der Waals surface area contributed by atoms with Gasteiger partial charge in [0, 0.05) is 19.2 Å². The first-order chi connectivity index (χ1) is 14.3. The second-order valence-electron chi connectivity index (χ2n) is 8.61. The van der Waals surface area contributed by atoms with E-state index in [1.165, 1.54) is 94.1 Å². The lowest BCUT2D eigenvalue weighted by atomic mass is 10.1. The monoisotopic (exact) mass is 396 g/mol. The zero-order chi connectivity index (χ0) is 20.6. The van der Waals surface area contributed by atoms with Crippen molar-refractivity contribution in [3.05, 3.63) is 53.6 Å². The summed E-state index contributed by atoms with van der Waals surface area (Å²) in [5.74, 6) is 1.33. The molecule has 2 heteroatoms. The van der Waals surface area contributed by atoms with Crippen molar-refractivity contribution in [2.45, 2.75) is 117 Å². The van der Waals surface area contributed by atoms with Gasteiger partial charge in [-0.1, -0.05) is 102 Å². The van der Waals surface area contributed by atoms with Crippen LogP contribution in [0.25, 0.3) is 0 Å². The summed E-state index contributed by atoms with van der Waals surface area (Å²) < 4.78 is 2.47. The lowest BCUT2D eigenvalue weighted by molar-refractivity contribution is 0.549. The van der Waals surface area contributed by atoms with Crippen molar-refractivity contribution in [2.75, 3.05) is 0 Å². The number of unbranched alkanes of at least 4 members (excludes halogenated alkanes) is 9. The SMILES string of the molecule is CCCCCCCCCCc1nc(CCCc2ccccc2)cn1CCCCC. The Labute approximate surface area is 180 Å². The van der Waals surface area contributed by atoms with Gasteiger partial charge in [0.2, 0.25) is 0 Å². The van der Waals surface area contributed by atoms with Crippen molar-refractivity contribution >= 4 is 0 Å². The highest BCUT2D eigenvalue weighted by molar-refractivity contribution is 5.15. The van der Waals surface area contributed by atoms with Crippen LogP contribution in [0.5, 0.6) is 0 Å². The standard InChI is InChI=1S/C27H44N2/c1-3-5-7-8-9-10-11-15-22-27-28-26(24-29(27)23-16-6-4-2)21-17-20-25-18-13-12-14-19-25/h12-14,18-19,24H,3-11,15-17,20-23H2,1-2H3. The molecule has 0 fully saturated rings. The van der Waals surface area contributed by atoms with Crippen LogP contribution in [0.3, 0.4) is 0 Å². The van der Waals surface area contributed by atoms with Crippen molar-refractivity contribution in [2.24, 2.45) is 0 Å². The summed E-state index contributed by atoms with van der Waals surface area (Å²) in [6.45, 7) is 5.72. The van der Waals surface area contributed by atoms with Crippen LogP contribution in [0.1, 0.15) is 108 Å². The molecule has 2 rings (SSSR count). The van der Waals surface area contributed by atoms with Gasteiger partial charge in [0.15, 0.2) is 0 Å². The van der Waals surface area contributed by atoms with Gasteiger partial charge in [0.25, 0.3) is 0 Å². The summed E-state index contributed by atoms with van der Waals surface area (Å²) in [5.41, 5.74) is 2.74. The lowest BCUT2D eigenvalue weighted by Crippen LogP contribution is -2.03. The van der Waals surface area contributed by atoms with E-state index in [0.29, 0.717) is 0 Å². The van der Waals surface area contributed by atoms with Gasteiger partial charge in [-0.3, -0.25) is 0 Å². The van der Waals surface area contributed by atoms with E-state index >= 15 is 0 Å². The highest BCUT2D eigenvalue weighted by Gasteiger charge is 2.08. The molecule has 0 N–H and O–H groups in total. The summed E-state index contributed by atoms with van der Waals surface area (Å²) >= 11 is 0. The summed E-state index contributed by atoms with van der Waals surface area (Å²) in [6, 6.07) is 10.8. The Balaban J connectivity index is 1.76. The van der Waals surface area contributed by atoms with Crippen molar-refractivity contribution < 1.29 is 0 Å². The molecule has 0 aliphatic heterocycles. The van der Waals surface area contributed by atoms with Crippen LogP contribution in [0.4, 0.5) is 0 Å². The summed E-state index contributed by atoms with van der Waals surface area (Å²) in [7, 11) is 0. The van der Waals surface area contributed by atoms with E-state index in [9.17, 15) is 0 Å². The van der Waals surface area contributed by atoms with E-state index in [1.807, 2.05) is 0 Å². The second-order valence-corrected chi connectivity index (χ2v) is 8.61. The first-order valence-electron chi connectivity index (χ1n) is 12.4. The minimum Gasteiger partial charge on any atom is -0.335 e. The average Bonchev–Trinajstić information content (AvgIpc) is 3.13. The smallest absolute Gasteiger partial charge is 0.108 e. The molecule has 0 aliphatic rings. The van der Waals surface area contributed by atoms with Crippen LogP contribution in [0.2, 0.25) is 0 Å². The van der Waals surface area contributed by atoms with E-state index in [0.717, 1.165) is 25.8 Å². The minimum atomic E-state index is 1.10. The fourth-order valence-corrected chi connectivity index (χ4v) is 4.09. The molecule has 162 valence electrons. The Morgan fingerprint density at radius 2 is 1.31 bits per heavy atom. The lowest BCUT2D eigenvalue weighted by Gasteiger charge is -2.07. The third-order valence-electron chi connectivity index (χ3n) is 5.91. The van der Waals surface area contributed by atoms with E-state index in [4.69, 9.17) is 4.98 Å². The van der Waals surface area contributed by atoms with Crippen LogP contribution in [-0.4, -0.2) is 9.55 Å². The van der Waals surface area contributed by atoms with Crippen LogP contribution in [0.15, 0.2) is 36.5 Å². The fraction of sp³-hybridized carbons (Fsp3) is 0.667. The summed E-state index contributed by atoms with van der Waals surface area (Å²) in [4.78, 5) is 5.04. The number of hydrogen-bond donors (Lipinski definition) is 0. The van der Waals surface area contributed by atoms with Gasteiger partial charge in [0.05, 0.1) is 5.69 Å². The van der Waals surface area contributed by atoms with E-state index in [1.54, 1.807) is 0 Å². The molecule has 0 atom stereocenters. The normalized spacial score (nSPS) is 11.2. The van der Waals surface area contributed by atoms with Crippen LogP contribution < -0.4 is 0 Å². The molecule has 0 unspecified atom stereocenters. The Hall–Kier alpha value is -1.57. The zero-order valence-electron chi connectivity index (χ0n) is 19.2. The molecule has 1 heterocycles. The number of aryl methyl sites for hydroxylation is 4. The predicted molar refractivity (Wildman–Crippen MR) is 127 cm³/mol.